The molecule has 1 aliphatic carbocycles. The Morgan fingerprint density at radius 1 is 1.00 bits per heavy atom. The Balaban J connectivity index is 1.57. The number of anilines is 1. The third-order valence-corrected chi connectivity index (χ3v) is 6.60. The van der Waals surface area contributed by atoms with Crippen molar-refractivity contribution >= 4 is 23.0 Å². The van der Waals surface area contributed by atoms with Crippen LogP contribution in [0.1, 0.15) is 61.5 Å². The fourth-order valence-corrected chi connectivity index (χ4v) is 5.15. The van der Waals surface area contributed by atoms with Gasteiger partial charge < -0.3 is 14.8 Å². The lowest BCUT2D eigenvalue weighted by atomic mass is 9.95. The molecule has 1 N–H and O–H groups in total. The third kappa shape index (κ3) is 3.49. The van der Waals surface area contributed by atoms with E-state index in [2.05, 4.69) is 33.3 Å². The minimum Gasteiger partial charge on any atom is -0.351 e. The van der Waals surface area contributed by atoms with E-state index in [9.17, 15) is 4.39 Å². The SMILES string of the molecule is Fc1ccccc1N1C(=S)N[C@@H](c2ccccn2)[C@H]1c1ccn(C2CCCCC2)c1. The first-order valence-corrected chi connectivity index (χ1v) is 11.1. The summed E-state index contributed by atoms with van der Waals surface area (Å²) in [5.41, 5.74) is 2.50. The van der Waals surface area contributed by atoms with Gasteiger partial charge in [-0.2, -0.15) is 0 Å². The second-order valence-electron chi connectivity index (χ2n) is 8.13. The lowest BCUT2D eigenvalue weighted by molar-refractivity contribution is 0.353. The Morgan fingerprint density at radius 3 is 2.57 bits per heavy atom. The van der Waals surface area contributed by atoms with Crippen LogP contribution in [0.3, 0.4) is 0 Å². The number of hydrogen-bond donors (Lipinski definition) is 1. The van der Waals surface area contributed by atoms with Gasteiger partial charge in [0.2, 0.25) is 0 Å². The molecular formula is C24H25FN4S. The highest BCUT2D eigenvalue weighted by Crippen LogP contribution is 2.42. The zero-order chi connectivity index (χ0) is 20.5. The fraction of sp³-hybridized carbons (Fsp3) is 0.333. The van der Waals surface area contributed by atoms with Crippen LogP contribution in [0.15, 0.2) is 67.1 Å². The Hall–Kier alpha value is -2.73. The molecule has 3 aromatic rings. The lowest BCUT2D eigenvalue weighted by Gasteiger charge is -2.28. The molecule has 0 amide bonds. The molecule has 2 aromatic heterocycles. The average Bonchev–Trinajstić information content (AvgIpc) is 3.40. The molecule has 3 heterocycles. The van der Waals surface area contributed by atoms with E-state index in [1.807, 2.05) is 29.2 Å². The molecule has 2 atom stereocenters. The summed E-state index contributed by atoms with van der Waals surface area (Å²) >= 11 is 5.68. The topological polar surface area (TPSA) is 33.1 Å². The van der Waals surface area contributed by atoms with E-state index in [1.54, 1.807) is 18.3 Å². The van der Waals surface area contributed by atoms with Gasteiger partial charge in [0, 0.05) is 24.6 Å². The van der Waals surface area contributed by atoms with E-state index in [0.29, 0.717) is 16.8 Å². The minimum absolute atomic E-state index is 0.152. The van der Waals surface area contributed by atoms with Crippen molar-refractivity contribution in [3.8, 4) is 0 Å². The molecule has 0 radical (unpaired) electrons. The minimum atomic E-state index is -0.278. The number of aromatic nitrogens is 2. The Morgan fingerprint density at radius 2 is 1.80 bits per heavy atom. The highest BCUT2D eigenvalue weighted by atomic mass is 32.1. The normalized spacial score (nSPS) is 22.3. The number of thiocarbonyl (C=S) groups is 1. The van der Waals surface area contributed by atoms with Gasteiger partial charge in [0.1, 0.15) is 5.82 Å². The first kappa shape index (κ1) is 19.2. The molecular weight excluding hydrogens is 395 g/mol. The number of nitrogens with one attached hydrogen (secondary N) is 1. The van der Waals surface area contributed by atoms with Crippen molar-refractivity contribution < 1.29 is 4.39 Å². The molecule has 154 valence electrons. The van der Waals surface area contributed by atoms with Crippen LogP contribution in [-0.4, -0.2) is 14.7 Å². The van der Waals surface area contributed by atoms with Gasteiger partial charge in [-0.15, -0.1) is 0 Å². The quantitative estimate of drug-likeness (QED) is 0.549. The fourth-order valence-electron chi connectivity index (χ4n) is 4.81. The molecule has 0 spiro atoms. The van der Waals surface area contributed by atoms with Crippen LogP contribution in [0.5, 0.6) is 0 Å². The highest BCUT2D eigenvalue weighted by molar-refractivity contribution is 7.80. The summed E-state index contributed by atoms with van der Waals surface area (Å²) < 4.78 is 17.1. The van der Waals surface area contributed by atoms with Crippen molar-refractivity contribution in [2.45, 2.75) is 50.2 Å². The highest BCUT2D eigenvalue weighted by Gasteiger charge is 2.42. The summed E-state index contributed by atoms with van der Waals surface area (Å²) in [7, 11) is 0. The van der Waals surface area contributed by atoms with E-state index in [1.165, 1.54) is 38.2 Å². The lowest BCUT2D eigenvalue weighted by Crippen LogP contribution is -2.30. The standard InChI is InChI=1S/C24H25FN4S/c25-19-10-4-5-12-21(19)29-23(22(27-24(29)30)20-11-6-7-14-26-20)17-13-15-28(16-17)18-8-2-1-3-9-18/h4-7,10-16,18,22-23H,1-3,8-9H2,(H,27,30)/t22-,23+/m0/s1. The number of para-hydroxylation sites is 1. The number of nitrogens with zero attached hydrogens (tertiary/aromatic N) is 3. The second kappa shape index (κ2) is 8.19. The van der Waals surface area contributed by atoms with Crippen molar-refractivity contribution in [3.05, 3.63) is 84.2 Å². The van der Waals surface area contributed by atoms with E-state index in [-0.39, 0.29) is 17.9 Å². The van der Waals surface area contributed by atoms with Gasteiger partial charge in [-0.25, -0.2) is 4.39 Å². The van der Waals surface area contributed by atoms with E-state index in [0.717, 1.165) is 11.3 Å². The summed E-state index contributed by atoms with van der Waals surface area (Å²) in [6.07, 6.45) is 12.5. The van der Waals surface area contributed by atoms with Gasteiger partial charge >= 0.3 is 0 Å². The van der Waals surface area contributed by atoms with Crippen LogP contribution >= 0.6 is 12.2 Å². The predicted octanol–water partition coefficient (Wildman–Crippen LogP) is 5.70. The van der Waals surface area contributed by atoms with Crippen LogP contribution in [0.4, 0.5) is 10.1 Å². The van der Waals surface area contributed by atoms with Gasteiger partial charge in [-0.3, -0.25) is 4.98 Å². The molecule has 30 heavy (non-hydrogen) atoms. The third-order valence-electron chi connectivity index (χ3n) is 6.29. The number of rotatable bonds is 4. The van der Waals surface area contributed by atoms with Crippen LogP contribution in [0, 0.1) is 5.82 Å². The van der Waals surface area contributed by atoms with Crippen molar-refractivity contribution in [1.82, 2.24) is 14.9 Å². The van der Waals surface area contributed by atoms with Gasteiger partial charge in [-0.05, 0) is 61.0 Å². The van der Waals surface area contributed by atoms with Crippen LogP contribution in [-0.2, 0) is 0 Å². The van der Waals surface area contributed by atoms with Crippen molar-refractivity contribution in [2.24, 2.45) is 0 Å². The Bertz CT molecular complexity index is 1030. The maximum Gasteiger partial charge on any atom is 0.174 e. The van der Waals surface area contributed by atoms with Crippen molar-refractivity contribution in [2.75, 3.05) is 4.90 Å². The van der Waals surface area contributed by atoms with Gasteiger partial charge in [0.05, 0.1) is 23.5 Å². The Kier molecular flexibility index (Phi) is 5.25. The predicted molar refractivity (Wildman–Crippen MR) is 121 cm³/mol. The van der Waals surface area contributed by atoms with E-state index >= 15 is 0 Å². The van der Waals surface area contributed by atoms with E-state index < -0.39 is 0 Å². The van der Waals surface area contributed by atoms with Crippen LogP contribution in [0.2, 0.25) is 0 Å². The molecule has 0 bridgehead atoms. The summed E-state index contributed by atoms with van der Waals surface area (Å²) in [4.78, 5) is 6.48. The summed E-state index contributed by atoms with van der Waals surface area (Å²) in [5, 5.41) is 3.92. The monoisotopic (exact) mass is 420 g/mol. The molecule has 0 unspecified atom stereocenters. The number of hydrogen-bond acceptors (Lipinski definition) is 2. The summed E-state index contributed by atoms with van der Waals surface area (Å²) in [6, 6.07) is 15.1. The molecule has 1 aromatic carbocycles. The molecule has 1 aliphatic heterocycles. The average molecular weight is 421 g/mol. The molecule has 4 nitrogen and oxygen atoms in total. The number of benzene rings is 1. The van der Waals surface area contributed by atoms with Crippen LogP contribution in [0.25, 0.3) is 0 Å². The van der Waals surface area contributed by atoms with Crippen molar-refractivity contribution in [3.63, 3.8) is 0 Å². The van der Waals surface area contributed by atoms with Crippen LogP contribution < -0.4 is 10.2 Å². The molecule has 2 fully saturated rings. The zero-order valence-corrected chi connectivity index (χ0v) is 17.6. The van der Waals surface area contributed by atoms with Crippen molar-refractivity contribution in [1.29, 1.82) is 0 Å². The first-order chi connectivity index (χ1) is 14.7. The molecule has 1 saturated carbocycles. The summed E-state index contributed by atoms with van der Waals surface area (Å²) in [5.74, 6) is -0.278. The van der Waals surface area contributed by atoms with Gasteiger partial charge in [0.25, 0.3) is 0 Å². The first-order valence-electron chi connectivity index (χ1n) is 10.6. The van der Waals surface area contributed by atoms with E-state index in [4.69, 9.17) is 12.2 Å². The number of pyridine rings is 1. The number of halogens is 1. The molecule has 5 rings (SSSR count). The second-order valence-corrected chi connectivity index (χ2v) is 8.52. The maximum atomic E-state index is 14.8. The maximum absolute atomic E-state index is 14.8. The van der Waals surface area contributed by atoms with Gasteiger partial charge in [-0.1, -0.05) is 37.5 Å². The zero-order valence-electron chi connectivity index (χ0n) is 16.7. The molecule has 6 heteroatoms. The Labute approximate surface area is 181 Å². The summed E-state index contributed by atoms with van der Waals surface area (Å²) in [6.45, 7) is 0. The smallest absolute Gasteiger partial charge is 0.174 e. The molecule has 1 saturated heterocycles. The largest absolute Gasteiger partial charge is 0.351 e. The van der Waals surface area contributed by atoms with Gasteiger partial charge in [0.15, 0.2) is 5.11 Å². The molecule has 2 aliphatic rings.